The first-order chi connectivity index (χ1) is 13.0. The highest BCUT2D eigenvalue weighted by Crippen LogP contribution is 2.37. The Bertz CT molecular complexity index is 858. The fraction of sp³-hybridized carbons (Fsp3) is 0.158. The summed E-state index contributed by atoms with van der Waals surface area (Å²) in [4.78, 5) is 24.5. The molecule has 0 saturated carbocycles. The Hall–Kier alpha value is -2.64. The lowest BCUT2D eigenvalue weighted by atomic mass is 10.1. The monoisotopic (exact) mass is 406 g/mol. The third kappa shape index (κ3) is 5.67. The number of carbonyl (C=O) groups is 2. The number of hydrogen-bond acceptors (Lipinski definition) is 5. The van der Waals surface area contributed by atoms with E-state index in [0.717, 1.165) is 10.6 Å². The minimum Gasteiger partial charge on any atom is -0.493 e. The highest BCUT2D eigenvalue weighted by molar-refractivity contribution is 7.99. The van der Waals surface area contributed by atoms with Gasteiger partial charge < -0.3 is 20.5 Å². The van der Waals surface area contributed by atoms with Crippen LogP contribution in [0.4, 0.5) is 5.69 Å². The molecule has 0 aliphatic heterocycles. The molecule has 3 N–H and O–H groups in total. The number of thioether (sulfide) groups is 1. The minimum absolute atomic E-state index is 0.134. The Morgan fingerprint density at radius 1 is 1.33 bits per heavy atom. The fourth-order valence-electron chi connectivity index (χ4n) is 2.17. The van der Waals surface area contributed by atoms with Crippen molar-refractivity contribution in [2.24, 2.45) is 5.73 Å². The van der Waals surface area contributed by atoms with Gasteiger partial charge in [-0.25, -0.2) is 0 Å². The number of hydrogen-bond donors (Lipinski definition) is 2. The molecule has 27 heavy (non-hydrogen) atoms. The van der Waals surface area contributed by atoms with E-state index in [2.05, 4.69) is 11.9 Å². The van der Waals surface area contributed by atoms with Crippen LogP contribution in [0.25, 0.3) is 0 Å². The van der Waals surface area contributed by atoms with Gasteiger partial charge in [-0.2, -0.15) is 0 Å². The number of methoxy groups -OCH3 is 1. The molecule has 0 spiro atoms. The maximum atomic E-state index is 12.7. The van der Waals surface area contributed by atoms with Gasteiger partial charge in [0.25, 0.3) is 11.8 Å². The van der Waals surface area contributed by atoms with E-state index in [9.17, 15) is 9.59 Å². The SMILES string of the molecule is C=CCSc1ccccc1NC(=O)c1cc(Cl)c(OCC(N)=O)c(OC)c1. The summed E-state index contributed by atoms with van der Waals surface area (Å²) in [5, 5.41) is 3.00. The summed E-state index contributed by atoms with van der Waals surface area (Å²) in [6, 6.07) is 10.4. The molecule has 0 aliphatic rings. The number of ether oxygens (including phenoxy) is 2. The molecule has 2 rings (SSSR count). The second kappa shape index (κ2) is 9.89. The minimum atomic E-state index is -0.649. The first-order valence-corrected chi connectivity index (χ1v) is 9.25. The molecule has 142 valence electrons. The highest BCUT2D eigenvalue weighted by atomic mass is 35.5. The average molecular weight is 407 g/mol. The largest absolute Gasteiger partial charge is 0.493 e. The van der Waals surface area contributed by atoms with E-state index in [1.54, 1.807) is 17.8 Å². The predicted octanol–water partition coefficient (Wildman–Crippen LogP) is 3.74. The lowest BCUT2D eigenvalue weighted by molar-refractivity contribution is -0.119. The predicted molar refractivity (Wildman–Crippen MR) is 108 cm³/mol. The van der Waals surface area contributed by atoms with Crippen molar-refractivity contribution in [3.8, 4) is 11.5 Å². The van der Waals surface area contributed by atoms with E-state index in [0.29, 0.717) is 5.69 Å². The number of anilines is 1. The van der Waals surface area contributed by atoms with Crippen molar-refractivity contribution in [3.63, 3.8) is 0 Å². The van der Waals surface area contributed by atoms with Crippen LogP contribution in [-0.4, -0.2) is 31.3 Å². The second-order valence-electron chi connectivity index (χ2n) is 5.29. The molecule has 0 fully saturated rings. The van der Waals surface area contributed by atoms with Gasteiger partial charge in [0, 0.05) is 16.2 Å². The maximum Gasteiger partial charge on any atom is 0.255 e. The quantitative estimate of drug-likeness (QED) is 0.489. The number of para-hydroxylation sites is 1. The first kappa shape index (κ1) is 20.7. The van der Waals surface area contributed by atoms with Crippen LogP contribution in [0.5, 0.6) is 11.5 Å². The normalized spacial score (nSPS) is 10.1. The smallest absolute Gasteiger partial charge is 0.255 e. The summed E-state index contributed by atoms with van der Waals surface area (Å²) < 4.78 is 10.5. The molecule has 0 atom stereocenters. The van der Waals surface area contributed by atoms with Gasteiger partial charge in [-0.05, 0) is 24.3 Å². The molecule has 0 aromatic heterocycles. The van der Waals surface area contributed by atoms with Crippen molar-refractivity contribution in [1.82, 2.24) is 0 Å². The molecule has 0 saturated heterocycles. The summed E-state index contributed by atoms with van der Waals surface area (Å²) in [6.45, 7) is 3.35. The molecule has 2 aromatic rings. The molecular formula is C19H19ClN2O4S. The number of rotatable bonds is 9. The molecule has 6 nitrogen and oxygen atoms in total. The molecule has 2 aromatic carbocycles. The standard InChI is InChI=1S/C19H19ClN2O4S/c1-3-8-27-16-7-5-4-6-14(16)22-19(24)12-9-13(20)18(15(10-12)25-2)26-11-17(21)23/h3-7,9-10H,1,8,11H2,2H3,(H2,21,23)(H,22,24). The van der Waals surface area contributed by atoms with Crippen molar-refractivity contribution >= 4 is 40.9 Å². The van der Waals surface area contributed by atoms with Gasteiger partial charge in [-0.1, -0.05) is 29.8 Å². The lowest BCUT2D eigenvalue weighted by Crippen LogP contribution is -2.20. The Morgan fingerprint density at radius 2 is 2.07 bits per heavy atom. The lowest BCUT2D eigenvalue weighted by Gasteiger charge is -2.14. The molecule has 0 unspecified atom stereocenters. The number of amides is 2. The molecule has 8 heteroatoms. The molecular weight excluding hydrogens is 388 g/mol. The van der Waals surface area contributed by atoms with Gasteiger partial charge in [0.1, 0.15) is 0 Å². The Kier molecular flexibility index (Phi) is 7.57. The second-order valence-corrected chi connectivity index (χ2v) is 6.76. The van der Waals surface area contributed by atoms with Crippen LogP contribution in [0.15, 0.2) is 53.9 Å². The molecule has 0 aliphatic carbocycles. The molecule has 0 heterocycles. The number of primary amides is 1. The van der Waals surface area contributed by atoms with Crippen LogP contribution in [0.2, 0.25) is 5.02 Å². The number of nitrogens with one attached hydrogen (secondary N) is 1. The van der Waals surface area contributed by atoms with Crippen LogP contribution < -0.4 is 20.5 Å². The first-order valence-electron chi connectivity index (χ1n) is 7.89. The van der Waals surface area contributed by atoms with Crippen LogP contribution in [0.1, 0.15) is 10.4 Å². The number of halogens is 1. The Balaban J connectivity index is 2.25. The van der Waals surface area contributed by atoms with Crippen LogP contribution in [0, 0.1) is 0 Å². The third-order valence-corrected chi connectivity index (χ3v) is 4.69. The highest BCUT2D eigenvalue weighted by Gasteiger charge is 2.17. The van der Waals surface area contributed by atoms with Gasteiger partial charge in [0.2, 0.25) is 0 Å². The Morgan fingerprint density at radius 3 is 2.74 bits per heavy atom. The van der Waals surface area contributed by atoms with Gasteiger partial charge in [-0.15, -0.1) is 18.3 Å². The van der Waals surface area contributed by atoms with E-state index in [4.69, 9.17) is 26.8 Å². The third-order valence-electron chi connectivity index (χ3n) is 3.34. The van der Waals surface area contributed by atoms with Crippen molar-refractivity contribution in [1.29, 1.82) is 0 Å². The number of nitrogens with two attached hydrogens (primary N) is 1. The summed E-state index contributed by atoms with van der Waals surface area (Å²) in [5.74, 6) is 0.0878. The summed E-state index contributed by atoms with van der Waals surface area (Å²) in [5.41, 5.74) is 6.04. The van der Waals surface area contributed by atoms with Gasteiger partial charge in [0.05, 0.1) is 17.8 Å². The summed E-state index contributed by atoms with van der Waals surface area (Å²) >= 11 is 7.75. The molecule has 2 amide bonds. The van der Waals surface area contributed by atoms with E-state index in [1.807, 2.05) is 24.3 Å². The zero-order chi connectivity index (χ0) is 19.8. The van der Waals surface area contributed by atoms with E-state index >= 15 is 0 Å². The molecule has 0 bridgehead atoms. The van der Waals surface area contributed by atoms with Crippen LogP contribution >= 0.6 is 23.4 Å². The van der Waals surface area contributed by atoms with Gasteiger partial charge in [-0.3, -0.25) is 9.59 Å². The van der Waals surface area contributed by atoms with Crippen molar-refractivity contribution < 1.29 is 19.1 Å². The van der Waals surface area contributed by atoms with E-state index < -0.39 is 5.91 Å². The zero-order valence-corrected chi connectivity index (χ0v) is 16.2. The van der Waals surface area contributed by atoms with Crippen molar-refractivity contribution in [2.75, 3.05) is 24.8 Å². The van der Waals surface area contributed by atoms with Gasteiger partial charge >= 0.3 is 0 Å². The number of carbonyl (C=O) groups excluding carboxylic acids is 2. The summed E-state index contributed by atoms with van der Waals surface area (Å²) in [7, 11) is 1.41. The van der Waals surface area contributed by atoms with Crippen LogP contribution in [0.3, 0.4) is 0 Å². The Labute approximate surface area is 166 Å². The zero-order valence-electron chi connectivity index (χ0n) is 14.7. The van der Waals surface area contributed by atoms with Crippen molar-refractivity contribution in [3.05, 3.63) is 59.6 Å². The maximum absolute atomic E-state index is 12.7. The molecule has 0 radical (unpaired) electrons. The fourth-order valence-corrected chi connectivity index (χ4v) is 3.19. The number of benzene rings is 2. The van der Waals surface area contributed by atoms with Crippen LogP contribution in [-0.2, 0) is 4.79 Å². The topological polar surface area (TPSA) is 90.6 Å². The summed E-state index contributed by atoms with van der Waals surface area (Å²) in [6.07, 6.45) is 1.79. The van der Waals surface area contributed by atoms with Gasteiger partial charge in [0.15, 0.2) is 18.1 Å². The van der Waals surface area contributed by atoms with Crippen molar-refractivity contribution in [2.45, 2.75) is 4.90 Å². The van der Waals surface area contributed by atoms with E-state index in [1.165, 1.54) is 19.2 Å². The average Bonchev–Trinajstić information content (AvgIpc) is 2.65. The van der Waals surface area contributed by atoms with E-state index in [-0.39, 0.29) is 34.6 Å².